The van der Waals surface area contributed by atoms with Crippen LogP contribution in [0, 0.1) is 0 Å². The third-order valence-corrected chi connectivity index (χ3v) is 3.41. The van der Waals surface area contributed by atoms with E-state index >= 15 is 0 Å². The molecule has 0 aliphatic carbocycles. The molecule has 0 spiro atoms. The number of hydrogen-bond donors (Lipinski definition) is 1. The van der Waals surface area contributed by atoms with Crippen molar-refractivity contribution in [2.24, 2.45) is 0 Å². The molecule has 0 saturated carbocycles. The molecule has 0 bridgehead atoms. The van der Waals surface area contributed by atoms with Crippen LogP contribution in [0.3, 0.4) is 0 Å². The van der Waals surface area contributed by atoms with Crippen molar-refractivity contribution < 1.29 is 14.3 Å². The van der Waals surface area contributed by atoms with Crippen LogP contribution in [0.15, 0.2) is 54.6 Å². The Morgan fingerprint density at radius 2 is 1.52 bits per heavy atom. The molecule has 0 atom stereocenters. The molecule has 120 valence electrons. The minimum absolute atomic E-state index is 0.102. The molecular weight excluding hydrogens is 290 g/mol. The van der Waals surface area contributed by atoms with E-state index in [2.05, 4.69) is 5.32 Å². The first-order valence-electron chi connectivity index (χ1n) is 7.44. The van der Waals surface area contributed by atoms with Gasteiger partial charge >= 0.3 is 0 Å². The molecule has 0 aliphatic rings. The van der Waals surface area contributed by atoms with E-state index < -0.39 is 0 Å². The van der Waals surface area contributed by atoms with E-state index in [9.17, 15) is 4.79 Å². The summed E-state index contributed by atoms with van der Waals surface area (Å²) >= 11 is 0. The number of benzene rings is 2. The number of carbonyl (C=O) groups excluding carboxylic acids is 1. The zero-order valence-corrected chi connectivity index (χ0v) is 13.4. The zero-order chi connectivity index (χ0) is 16.5. The number of rotatable bonds is 7. The highest BCUT2D eigenvalue weighted by Crippen LogP contribution is 2.12. The van der Waals surface area contributed by atoms with Gasteiger partial charge in [-0.1, -0.05) is 24.3 Å². The Morgan fingerprint density at radius 3 is 2.09 bits per heavy atom. The number of hydrogen-bond acceptors (Lipinski definition) is 3. The fourth-order valence-corrected chi connectivity index (χ4v) is 2.07. The van der Waals surface area contributed by atoms with E-state index in [-0.39, 0.29) is 5.91 Å². The van der Waals surface area contributed by atoms with Crippen LogP contribution in [0.25, 0.3) is 6.08 Å². The monoisotopic (exact) mass is 311 g/mol. The van der Waals surface area contributed by atoms with Crippen LogP contribution in [0.5, 0.6) is 11.5 Å². The Bertz CT molecular complexity index is 645. The van der Waals surface area contributed by atoms with Crippen LogP contribution in [-0.4, -0.2) is 26.7 Å². The van der Waals surface area contributed by atoms with E-state index in [0.29, 0.717) is 6.54 Å². The van der Waals surface area contributed by atoms with Crippen LogP contribution in [0.2, 0.25) is 0 Å². The Kier molecular flexibility index (Phi) is 6.24. The van der Waals surface area contributed by atoms with Crippen molar-refractivity contribution in [3.05, 3.63) is 65.7 Å². The van der Waals surface area contributed by atoms with Crippen molar-refractivity contribution in [3.8, 4) is 11.5 Å². The van der Waals surface area contributed by atoms with Gasteiger partial charge in [-0.05, 0) is 47.9 Å². The predicted molar refractivity (Wildman–Crippen MR) is 91.7 cm³/mol. The summed E-state index contributed by atoms with van der Waals surface area (Å²) < 4.78 is 10.2. The molecular formula is C19H21NO3. The molecule has 0 unspecified atom stereocenters. The van der Waals surface area contributed by atoms with Crippen LogP contribution in [-0.2, 0) is 11.2 Å². The van der Waals surface area contributed by atoms with Gasteiger partial charge in [-0.2, -0.15) is 0 Å². The number of nitrogens with one attached hydrogen (secondary N) is 1. The smallest absolute Gasteiger partial charge is 0.244 e. The normalized spacial score (nSPS) is 10.5. The molecule has 2 rings (SSSR count). The van der Waals surface area contributed by atoms with E-state index in [0.717, 1.165) is 29.0 Å². The summed E-state index contributed by atoms with van der Waals surface area (Å²) in [5, 5.41) is 2.87. The average Bonchev–Trinajstić information content (AvgIpc) is 2.61. The third-order valence-electron chi connectivity index (χ3n) is 3.41. The minimum Gasteiger partial charge on any atom is -0.497 e. The Labute approximate surface area is 136 Å². The van der Waals surface area contributed by atoms with Gasteiger partial charge in [0.2, 0.25) is 5.91 Å². The molecule has 1 amide bonds. The highest BCUT2D eigenvalue weighted by molar-refractivity contribution is 5.91. The fraction of sp³-hybridized carbons (Fsp3) is 0.211. The first kappa shape index (κ1) is 16.6. The lowest BCUT2D eigenvalue weighted by Gasteiger charge is -2.04. The summed E-state index contributed by atoms with van der Waals surface area (Å²) in [5.74, 6) is 1.53. The molecule has 0 fully saturated rings. The topological polar surface area (TPSA) is 47.6 Å². The minimum atomic E-state index is -0.102. The summed E-state index contributed by atoms with van der Waals surface area (Å²) in [5.41, 5.74) is 2.11. The van der Waals surface area contributed by atoms with Gasteiger partial charge in [-0.25, -0.2) is 0 Å². The summed E-state index contributed by atoms with van der Waals surface area (Å²) in [6.45, 7) is 0.595. The molecule has 0 radical (unpaired) electrons. The maximum absolute atomic E-state index is 11.8. The second kappa shape index (κ2) is 8.63. The van der Waals surface area contributed by atoms with Gasteiger partial charge < -0.3 is 14.8 Å². The zero-order valence-electron chi connectivity index (χ0n) is 13.4. The Morgan fingerprint density at radius 1 is 0.957 bits per heavy atom. The van der Waals surface area contributed by atoms with Crippen molar-refractivity contribution in [1.29, 1.82) is 0 Å². The van der Waals surface area contributed by atoms with Gasteiger partial charge in [0, 0.05) is 12.6 Å². The Hall–Kier alpha value is -2.75. The maximum Gasteiger partial charge on any atom is 0.244 e. The van der Waals surface area contributed by atoms with E-state index in [1.807, 2.05) is 48.5 Å². The molecule has 0 aromatic heterocycles. The van der Waals surface area contributed by atoms with Crippen LogP contribution < -0.4 is 14.8 Å². The molecule has 23 heavy (non-hydrogen) atoms. The molecule has 0 saturated heterocycles. The van der Waals surface area contributed by atoms with E-state index in [1.165, 1.54) is 6.08 Å². The first-order chi connectivity index (χ1) is 11.2. The molecule has 2 aromatic rings. The van der Waals surface area contributed by atoms with Crippen molar-refractivity contribution in [2.75, 3.05) is 20.8 Å². The van der Waals surface area contributed by atoms with Gasteiger partial charge in [-0.3, -0.25) is 4.79 Å². The Balaban J connectivity index is 1.76. The molecule has 1 N–H and O–H groups in total. The van der Waals surface area contributed by atoms with E-state index in [4.69, 9.17) is 9.47 Å². The van der Waals surface area contributed by atoms with Crippen LogP contribution >= 0.6 is 0 Å². The maximum atomic E-state index is 11.8. The molecule has 2 aromatic carbocycles. The lowest BCUT2D eigenvalue weighted by molar-refractivity contribution is -0.116. The molecule has 4 nitrogen and oxygen atoms in total. The number of methoxy groups -OCH3 is 2. The number of amides is 1. The van der Waals surface area contributed by atoms with Crippen molar-refractivity contribution >= 4 is 12.0 Å². The van der Waals surface area contributed by atoms with Crippen LogP contribution in [0.1, 0.15) is 11.1 Å². The second-order valence-electron chi connectivity index (χ2n) is 5.00. The predicted octanol–water partition coefficient (Wildman–Crippen LogP) is 3.08. The average molecular weight is 311 g/mol. The van der Waals surface area contributed by atoms with Crippen molar-refractivity contribution in [3.63, 3.8) is 0 Å². The highest BCUT2D eigenvalue weighted by atomic mass is 16.5. The van der Waals surface area contributed by atoms with Gasteiger partial charge in [0.1, 0.15) is 11.5 Å². The lowest BCUT2D eigenvalue weighted by Crippen LogP contribution is -2.23. The SMILES string of the molecule is COc1ccc(/C=C/C(=O)NCCc2ccc(OC)cc2)cc1. The first-order valence-corrected chi connectivity index (χ1v) is 7.44. The second-order valence-corrected chi connectivity index (χ2v) is 5.00. The van der Waals surface area contributed by atoms with Crippen LogP contribution in [0.4, 0.5) is 0 Å². The van der Waals surface area contributed by atoms with Gasteiger partial charge in [0.05, 0.1) is 14.2 Å². The van der Waals surface area contributed by atoms with Gasteiger partial charge in [0.25, 0.3) is 0 Å². The number of ether oxygens (including phenoxy) is 2. The summed E-state index contributed by atoms with van der Waals surface area (Å²) in [6.07, 6.45) is 4.10. The highest BCUT2D eigenvalue weighted by Gasteiger charge is 1.98. The van der Waals surface area contributed by atoms with E-state index in [1.54, 1.807) is 20.3 Å². The third kappa shape index (κ3) is 5.51. The quantitative estimate of drug-likeness (QED) is 0.799. The summed E-state index contributed by atoms with van der Waals surface area (Å²) in [7, 11) is 3.27. The fourth-order valence-electron chi connectivity index (χ4n) is 2.07. The van der Waals surface area contributed by atoms with Crippen molar-refractivity contribution in [1.82, 2.24) is 5.32 Å². The summed E-state index contributed by atoms with van der Waals surface area (Å²) in [4.78, 5) is 11.8. The molecule has 4 heteroatoms. The van der Waals surface area contributed by atoms with Gasteiger partial charge in [0.15, 0.2) is 0 Å². The lowest BCUT2D eigenvalue weighted by atomic mass is 10.1. The molecule has 0 heterocycles. The summed E-state index contributed by atoms with van der Waals surface area (Å²) in [6, 6.07) is 15.4. The number of carbonyl (C=O) groups is 1. The molecule has 0 aliphatic heterocycles. The van der Waals surface area contributed by atoms with Gasteiger partial charge in [-0.15, -0.1) is 0 Å². The largest absolute Gasteiger partial charge is 0.497 e. The van der Waals surface area contributed by atoms with Crippen molar-refractivity contribution in [2.45, 2.75) is 6.42 Å². The standard InChI is InChI=1S/C19H21NO3/c1-22-17-8-3-15(4-9-17)7-12-19(21)20-14-13-16-5-10-18(23-2)11-6-16/h3-12H,13-14H2,1-2H3,(H,20,21)/b12-7+.